The molecule has 92 valence electrons. The van der Waals surface area contributed by atoms with Gasteiger partial charge in [-0.1, -0.05) is 0 Å². The number of nitrogens with two attached hydrogens (primary N) is 1. The molecule has 5 heteroatoms. The number of pyridine rings is 2. The standard InChI is InChI=1S/C13H13N3O2/c1-2-18-13(17)10-7-11(12(14)16-8-10)9-3-5-15-6-4-9/h3-8H,2H2,1H3,(H2,14,16). The first-order valence-corrected chi connectivity index (χ1v) is 5.55. The SMILES string of the molecule is CCOC(=O)c1cnc(N)c(-c2ccncc2)c1. The van der Waals surface area contributed by atoms with E-state index in [0.29, 0.717) is 23.6 Å². The molecule has 0 saturated carbocycles. The van der Waals surface area contributed by atoms with Gasteiger partial charge in [0.25, 0.3) is 0 Å². The fraction of sp³-hybridized carbons (Fsp3) is 0.154. The summed E-state index contributed by atoms with van der Waals surface area (Å²) in [6, 6.07) is 5.29. The smallest absolute Gasteiger partial charge is 0.339 e. The maximum absolute atomic E-state index is 11.6. The maximum Gasteiger partial charge on any atom is 0.339 e. The van der Waals surface area contributed by atoms with Gasteiger partial charge >= 0.3 is 5.97 Å². The van der Waals surface area contributed by atoms with Gasteiger partial charge in [0.1, 0.15) is 5.82 Å². The quantitative estimate of drug-likeness (QED) is 0.833. The summed E-state index contributed by atoms with van der Waals surface area (Å²) in [5.74, 6) is -0.0328. The molecule has 2 aromatic rings. The molecule has 0 amide bonds. The van der Waals surface area contributed by atoms with Crippen molar-refractivity contribution in [3.8, 4) is 11.1 Å². The van der Waals surface area contributed by atoms with E-state index < -0.39 is 5.97 Å². The van der Waals surface area contributed by atoms with Crippen LogP contribution in [0.5, 0.6) is 0 Å². The zero-order valence-corrected chi connectivity index (χ0v) is 9.96. The third-order valence-corrected chi connectivity index (χ3v) is 2.42. The number of carbonyl (C=O) groups is 1. The van der Waals surface area contributed by atoms with Crippen molar-refractivity contribution in [2.75, 3.05) is 12.3 Å². The predicted molar refractivity (Wildman–Crippen MR) is 67.8 cm³/mol. The first kappa shape index (κ1) is 12.0. The number of carbonyl (C=O) groups excluding carboxylic acids is 1. The van der Waals surface area contributed by atoms with Crippen LogP contribution in [0.2, 0.25) is 0 Å². The van der Waals surface area contributed by atoms with Crippen molar-refractivity contribution in [1.82, 2.24) is 9.97 Å². The van der Waals surface area contributed by atoms with Crippen LogP contribution in [0.1, 0.15) is 17.3 Å². The molecular formula is C13H13N3O2. The number of nitrogens with zero attached hydrogens (tertiary/aromatic N) is 2. The number of nitrogen functional groups attached to an aromatic ring is 1. The molecule has 2 rings (SSSR count). The minimum absolute atomic E-state index is 0.327. The molecule has 2 N–H and O–H groups in total. The Morgan fingerprint density at radius 1 is 1.39 bits per heavy atom. The van der Waals surface area contributed by atoms with Crippen LogP contribution in [0.3, 0.4) is 0 Å². The summed E-state index contributed by atoms with van der Waals surface area (Å²) in [6.45, 7) is 2.08. The van der Waals surface area contributed by atoms with Crippen LogP contribution < -0.4 is 5.73 Å². The highest BCUT2D eigenvalue weighted by Gasteiger charge is 2.11. The van der Waals surface area contributed by atoms with Gasteiger partial charge in [-0.2, -0.15) is 0 Å². The Morgan fingerprint density at radius 3 is 2.78 bits per heavy atom. The van der Waals surface area contributed by atoms with Gasteiger partial charge < -0.3 is 10.5 Å². The Morgan fingerprint density at radius 2 is 2.11 bits per heavy atom. The lowest BCUT2D eigenvalue weighted by molar-refractivity contribution is 0.0526. The van der Waals surface area contributed by atoms with Gasteiger partial charge in [-0.3, -0.25) is 4.98 Å². The third kappa shape index (κ3) is 2.45. The van der Waals surface area contributed by atoms with Crippen LogP contribution in [0.25, 0.3) is 11.1 Å². The highest BCUT2D eigenvalue weighted by Crippen LogP contribution is 2.24. The van der Waals surface area contributed by atoms with E-state index in [2.05, 4.69) is 9.97 Å². The van der Waals surface area contributed by atoms with Crippen molar-refractivity contribution in [2.45, 2.75) is 6.92 Å². The molecule has 0 bridgehead atoms. The molecule has 0 spiro atoms. The number of esters is 1. The first-order chi connectivity index (χ1) is 8.72. The highest BCUT2D eigenvalue weighted by atomic mass is 16.5. The summed E-state index contributed by atoms with van der Waals surface area (Å²) < 4.78 is 4.93. The monoisotopic (exact) mass is 243 g/mol. The van der Waals surface area contributed by atoms with E-state index in [1.807, 2.05) is 12.1 Å². The molecule has 0 aliphatic carbocycles. The number of anilines is 1. The molecule has 0 radical (unpaired) electrons. The summed E-state index contributed by atoms with van der Waals surface area (Å²) >= 11 is 0. The number of rotatable bonds is 3. The van der Waals surface area contributed by atoms with E-state index in [9.17, 15) is 4.79 Å². The summed E-state index contributed by atoms with van der Waals surface area (Å²) in [6.07, 6.45) is 4.73. The number of ether oxygens (including phenoxy) is 1. The van der Waals surface area contributed by atoms with Crippen molar-refractivity contribution < 1.29 is 9.53 Å². The maximum atomic E-state index is 11.6. The summed E-state index contributed by atoms with van der Waals surface area (Å²) in [5.41, 5.74) is 7.76. The normalized spacial score (nSPS) is 10.1. The second kappa shape index (κ2) is 5.27. The molecule has 0 atom stereocenters. The minimum Gasteiger partial charge on any atom is -0.462 e. The molecule has 5 nitrogen and oxygen atoms in total. The molecule has 0 saturated heterocycles. The van der Waals surface area contributed by atoms with Gasteiger partial charge in [0.05, 0.1) is 12.2 Å². The molecule has 2 heterocycles. The van der Waals surface area contributed by atoms with Crippen LogP contribution >= 0.6 is 0 Å². The Bertz CT molecular complexity index is 555. The predicted octanol–water partition coefficient (Wildman–Crippen LogP) is 1.90. The van der Waals surface area contributed by atoms with Gasteiger partial charge in [0.2, 0.25) is 0 Å². The number of hydrogen-bond donors (Lipinski definition) is 1. The molecule has 0 fully saturated rings. The first-order valence-electron chi connectivity index (χ1n) is 5.55. The highest BCUT2D eigenvalue weighted by molar-refractivity contribution is 5.91. The zero-order chi connectivity index (χ0) is 13.0. The van der Waals surface area contributed by atoms with Crippen LogP contribution in [-0.4, -0.2) is 22.5 Å². The molecular weight excluding hydrogens is 230 g/mol. The van der Waals surface area contributed by atoms with Gasteiger partial charge in [-0.15, -0.1) is 0 Å². The second-order valence-electron chi connectivity index (χ2n) is 3.61. The molecule has 0 aromatic carbocycles. The van der Waals surface area contributed by atoms with Crippen molar-refractivity contribution >= 4 is 11.8 Å². The Balaban J connectivity index is 2.42. The summed E-state index contributed by atoms with van der Waals surface area (Å²) in [7, 11) is 0. The topological polar surface area (TPSA) is 78.1 Å². The fourth-order valence-corrected chi connectivity index (χ4v) is 1.56. The van der Waals surface area contributed by atoms with E-state index in [1.54, 1.807) is 25.4 Å². The van der Waals surface area contributed by atoms with E-state index in [0.717, 1.165) is 5.56 Å². The van der Waals surface area contributed by atoms with E-state index in [-0.39, 0.29) is 0 Å². The lowest BCUT2D eigenvalue weighted by Gasteiger charge is -2.07. The minimum atomic E-state index is -0.402. The van der Waals surface area contributed by atoms with Crippen molar-refractivity contribution in [3.05, 3.63) is 42.4 Å². The van der Waals surface area contributed by atoms with Crippen LogP contribution in [-0.2, 0) is 4.74 Å². The number of aromatic nitrogens is 2. The van der Waals surface area contributed by atoms with Gasteiger partial charge in [0, 0.05) is 24.2 Å². The van der Waals surface area contributed by atoms with E-state index in [4.69, 9.17) is 10.5 Å². The molecule has 18 heavy (non-hydrogen) atoms. The second-order valence-corrected chi connectivity index (χ2v) is 3.61. The van der Waals surface area contributed by atoms with Crippen molar-refractivity contribution in [2.24, 2.45) is 0 Å². The molecule has 0 aliphatic heterocycles. The summed E-state index contributed by atoms with van der Waals surface area (Å²) in [4.78, 5) is 19.6. The van der Waals surface area contributed by atoms with Crippen molar-refractivity contribution in [1.29, 1.82) is 0 Å². The molecule has 0 aliphatic rings. The lowest BCUT2D eigenvalue weighted by atomic mass is 10.1. The largest absolute Gasteiger partial charge is 0.462 e. The van der Waals surface area contributed by atoms with E-state index >= 15 is 0 Å². The van der Waals surface area contributed by atoms with Gasteiger partial charge in [0.15, 0.2) is 0 Å². The van der Waals surface area contributed by atoms with E-state index in [1.165, 1.54) is 6.20 Å². The van der Waals surface area contributed by atoms with Crippen LogP contribution in [0.4, 0.5) is 5.82 Å². The fourth-order valence-electron chi connectivity index (χ4n) is 1.56. The Hall–Kier alpha value is -2.43. The average Bonchev–Trinajstić information content (AvgIpc) is 2.40. The number of hydrogen-bond acceptors (Lipinski definition) is 5. The zero-order valence-electron chi connectivity index (χ0n) is 9.96. The summed E-state index contributed by atoms with van der Waals surface area (Å²) in [5, 5.41) is 0. The molecule has 2 aromatic heterocycles. The third-order valence-electron chi connectivity index (χ3n) is 2.42. The van der Waals surface area contributed by atoms with Gasteiger partial charge in [-0.25, -0.2) is 9.78 Å². The Labute approximate surface area is 105 Å². The Kier molecular flexibility index (Phi) is 3.52. The average molecular weight is 243 g/mol. The lowest BCUT2D eigenvalue weighted by Crippen LogP contribution is -2.06. The van der Waals surface area contributed by atoms with Gasteiger partial charge in [-0.05, 0) is 30.7 Å². The van der Waals surface area contributed by atoms with Crippen LogP contribution in [0.15, 0.2) is 36.8 Å². The molecule has 0 unspecified atom stereocenters. The van der Waals surface area contributed by atoms with Crippen LogP contribution in [0, 0.1) is 0 Å². The van der Waals surface area contributed by atoms with Crippen molar-refractivity contribution in [3.63, 3.8) is 0 Å².